The van der Waals surface area contributed by atoms with Crippen molar-refractivity contribution < 1.29 is 0 Å². The molecule has 2 heterocycles. The Morgan fingerprint density at radius 1 is 1.38 bits per heavy atom. The first-order valence-corrected chi connectivity index (χ1v) is 7.81. The number of nitrogens with two attached hydrogens (primary N) is 1. The number of hydrogen-bond acceptors (Lipinski definition) is 3. The Kier molecular flexibility index (Phi) is 3.86. The standard InChI is InChI=1S/C17H24N4/c1-12(2)6-7-15-11-17-19-9-8-16(21(17)20-15)13-4-3-5-14(18)10-13/h3-5,10-12,16,19H,6-9,18H2,1-2H3. The summed E-state index contributed by atoms with van der Waals surface area (Å²) in [6, 6.07) is 10.7. The zero-order valence-corrected chi connectivity index (χ0v) is 12.8. The van der Waals surface area contributed by atoms with Crippen LogP contribution in [0, 0.1) is 5.92 Å². The third kappa shape index (κ3) is 3.04. The Labute approximate surface area is 126 Å². The van der Waals surface area contributed by atoms with Gasteiger partial charge in [0.1, 0.15) is 5.82 Å². The molecule has 0 fully saturated rings. The number of nitrogens with one attached hydrogen (secondary N) is 1. The van der Waals surface area contributed by atoms with Crippen LogP contribution in [0.5, 0.6) is 0 Å². The van der Waals surface area contributed by atoms with Gasteiger partial charge >= 0.3 is 0 Å². The highest BCUT2D eigenvalue weighted by molar-refractivity contribution is 5.45. The lowest BCUT2D eigenvalue weighted by molar-refractivity contribution is 0.475. The fourth-order valence-electron chi connectivity index (χ4n) is 2.91. The van der Waals surface area contributed by atoms with E-state index in [9.17, 15) is 0 Å². The van der Waals surface area contributed by atoms with Crippen LogP contribution in [-0.2, 0) is 6.42 Å². The van der Waals surface area contributed by atoms with Gasteiger partial charge in [0.25, 0.3) is 0 Å². The number of hydrogen-bond donors (Lipinski definition) is 2. The predicted molar refractivity (Wildman–Crippen MR) is 87.5 cm³/mol. The lowest BCUT2D eigenvalue weighted by Crippen LogP contribution is -2.24. The normalized spacial score (nSPS) is 17.6. The van der Waals surface area contributed by atoms with E-state index in [4.69, 9.17) is 10.8 Å². The van der Waals surface area contributed by atoms with Crippen molar-refractivity contribution in [3.8, 4) is 0 Å². The molecule has 0 aliphatic carbocycles. The Bertz CT molecular complexity index is 615. The zero-order chi connectivity index (χ0) is 14.8. The van der Waals surface area contributed by atoms with Gasteiger partial charge in [-0.2, -0.15) is 5.10 Å². The Hall–Kier alpha value is -1.97. The van der Waals surface area contributed by atoms with Gasteiger partial charge in [-0.3, -0.25) is 0 Å². The minimum Gasteiger partial charge on any atom is -0.399 e. The molecule has 112 valence electrons. The molecular formula is C17H24N4. The Balaban J connectivity index is 1.87. The van der Waals surface area contributed by atoms with E-state index in [2.05, 4.69) is 42.0 Å². The van der Waals surface area contributed by atoms with Crippen molar-refractivity contribution in [2.24, 2.45) is 5.92 Å². The van der Waals surface area contributed by atoms with E-state index in [0.29, 0.717) is 5.92 Å². The largest absolute Gasteiger partial charge is 0.399 e. The van der Waals surface area contributed by atoms with Crippen LogP contribution in [0.4, 0.5) is 11.5 Å². The maximum absolute atomic E-state index is 5.93. The molecule has 2 aromatic rings. The van der Waals surface area contributed by atoms with Crippen LogP contribution >= 0.6 is 0 Å². The molecule has 1 aliphatic rings. The summed E-state index contributed by atoms with van der Waals surface area (Å²) in [7, 11) is 0. The highest BCUT2D eigenvalue weighted by Crippen LogP contribution is 2.31. The van der Waals surface area contributed by atoms with Crippen LogP contribution in [-0.4, -0.2) is 16.3 Å². The van der Waals surface area contributed by atoms with Crippen molar-refractivity contribution in [3.63, 3.8) is 0 Å². The number of nitrogens with zero attached hydrogens (tertiary/aromatic N) is 2. The highest BCUT2D eigenvalue weighted by atomic mass is 15.4. The lowest BCUT2D eigenvalue weighted by atomic mass is 10.0. The zero-order valence-electron chi connectivity index (χ0n) is 12.8. The molecule has 1 atom stereocenters. The number of anilines is 2. The van der Waals surface area contributed by atoms with Crippen LogP contribution in [0.2, 0.25) is 0 Å². The monoisotopic (exact) mass is 284 g/mol. The Morgan fingerprint density at radius 3 is 3.00 bits per heavy atom. The topological polar surface area (TPSA) is 55.9 Å². The number of aromatic nitrogens is 2. The highest BCUT2D eigenvalue weighted by Gasteiger charge is 2.23. The van der Waals surface area contributed by atoms with Gasteiger partial charge in [0.15, 0.2) is 0 Å². The molecule has 4 nitrogen and oxygen atoms in total. The van der Waals surface area contributed by atoms with Gasteiger partial charge in [-0.25, -0.2) is 4.68 Å². The second-order valence-electron chi connectivity index (χ2n) is 6.30. The van der Waals surface area contributed by atoms with Crippen LogP contribution in [0.1, 0.15) is 44.0 Å². The molecule has 0 bridgehead atoms. The van der Waals surface area contributed by atoms with Crippen molar-refractivity contribution in [2.75, 3.05) is 17.6 Å². The molecule has 0 saturated carbocycles. The van der Waals surface area contributed by atoms with Gasteiger partial charge in [0.05, 0.1) is 11.7 Å². The number of benzene rings is 1. The van der Waals surface area contributed by atoms with Crippen LogP contribution < -0.4 is 11.1 Å². The maximum Gasteiger partial charge on any atom is 0.125 e. The van der Waals surface area contributed by atoms with E-state index in [1.54, 1.807) is 0 Å². The third-order valence-corrected chi connectivity index (χ3v) is 4.08. The average molecular weight is 284 g/mol. The molecule has 1 unspecified atom stereocenters. The van der Waals surface area contributed by atoms with Crippen molar-refractivity contribution in [1.82, 2.24) is 9.78 Å². The fourth-order valence-corrected chi connectivity index (χ4v) is 2.91. The molecular weight excluding hydrogens is 260 g/mol. The molecule has 1 aliphatic heterocycles. The van der Waals surface area contributed by atoms with E-state index in [-0.39, 0.29) is 6.04 Å². The molecule has 1 aromatic heterocycles. The van der Waals surface area contributed by atoms with Gasteiger partial charge < -0.3 is 11.1 Å². The maximum atomic E-state index is 5.93. The smallest absolute Gasteiger partial charge is 0.125 e. The third-order valence-electron chi connectivity index (χ3n) is 4.08. The van der Waals surface area contributed by atoms with Crippen molar-refractivity contribution in [3.05, 3.63) is 41.6 Å². The lowest BCUT2D eigenvalue weighted by Gasteiger charge is -2.26. The summed E-state index contributed by atoms with van der Waals surface area (Å²) in [4.78, 5) is 0. The summed E-state index contributed by atoms with van der Waals surface area (Å²) in [5.74, 6) is 1.84. The molecule has 0 saturated heterocycles. The van der Waals surface area contributed by atoms with Gasteiger partial charge in [0, 0.05) is 18.3 Å². The summed E-state index contributed by atoms with van der Waals surface area (Å²) in [6.07, 6.45) is 3.27. The average Bonchev–Trinajstić information content (AvgIpc) is 2.88. The van der Waals surface area contributed by atoms with E-state index < -0.39 is 0 Å². The van der Waals surface area contributed by atoms with Crippen molar-refractivity contribution >= 4 is 11.5 Å². The molecule has 1 aromatic carbocycles. The molecule has 3 N–H and O–H groups in total. The van der Waals surface area contributed by atoms with Gasteiger partial charge in [-0.1, -0.05) is 26.0 Å². The summed E-state index contributed by atoms with van der Waals surface area (Å²) < 4.78 is 2.13. The van der Waals surface area contributed by atoms with E-state index in [1.165, 1.54) is 17.7 Å². The molecule has 3 rings (SSSR count). The van der Waals surface area contributed by atoms with Crippen molar-refractivity contribution in [2.45, 2.75) is 39.2 Å². The van der Waals surface area contributed by atoms with Crippen LogP contribution in [0.25, 0.3) is 0 Å². The molecule has 0 amide bonds. The SMILES string of the molecule is CC(C)CCc1cc2n(n1)C(c1cccc(N)c1)CCN2. The van der Waals surface area contributed by atoms with Crippen LogP contribution in [0.15, 0.2) is 30.3 Å². The minimum absolute atomic E-state index is 0.289. The number of rotatable bonds is 4. The predicted octanol–water partition coefficient (Wildman–Crippen LogP) is 3.46. The quantitative estimate of drug-likeness (QED) is 0.845. The second kappa shape index (κ2) is 5.80. The number of fused-ring (bicyclic) bond motifs is 1. The first-order valence-electron chi connectivity index (χ1n) is 7.81. The minimum atomic E-state index is 0.289. The van der Waals surface area contributed by atoms with Crippen molar-refractivity contribution in [1.29, 1.82) is 0 Å². The molecule has 4 heteroatoms. The first kappa shape index (κ1) is 14.0. The summed E-state index contributed by atoms with van der Waals surface area (Å²) in [5, 5.41) is 8.28. The van der Waals surface area contributed by atoms with E-state index in [1.807, 2.05) is 12.1 Å². The van der Waals surface area contributed by atoms with E-state index in [0.717, 1.165) is 30.9 Å². The van der Waals surface area contributed by atoms with Crippen LogP contribution in [0.3, 0.4) is 0 Å². The van der Waals surface area contributed by atoms with E-state index >= 15 is 0 Å². The summed E-state index contributed by atoms with van der Waals surface area (Å²) in [5.41, 5.74) is 9.17. The Morgan fingerprint density at radius 2 is 2.24 bits per heavy atom. The summed E-state index contributed by atoms with van der Waals surface area (Å²) >= 11 is 0. The second-order valence-corrected chi connectivity index (χ2v) is 6.30. The molecule has 0 spiro atoms. The molecule has 0 radical (unpaired) electrons. The van der Waals surface area contributed by atoms with Gasteiger partial charge in [-0.15, -0.1) is 0 Å². The number of aryl methyl sites for hydroxylation is 1. The molecule has 21 heavy (non-hydrogen) atoms. The van der Waals surface area contributed by atoms with Gasteiger partial charge in [-0.05, 0) is 42.9 Å². The fraction of sp³-hybridized carbons (Fsp3) is 0.471. The van der Waals surface area contributed by atoms with Gasteiger partial charge in [0.2, 0.25) is 0 Å². The first-order chi connectivity index (χ1) is 10.1. The number of nitrogen functional groups attached to an aromatic ring is 1. The summed E-state index contributed by atoms with van der Waals surface area (Å²) in [6.45, 7) is 5.49.